The average Bonchev–Trinajstić information content (AvgIpc) is 2.77. The highest BCUT2D eigenvalue weighted by molar-refractivity contribution is 7.86. The average molecular weight is 262 g/mol. The Kier molecular flexibility index (Phi) is 4.07. The highest BCUT2D eigenvalue weighted by atomic mass is 32.2. The van der Waals surface area contributed by atoms with E-state index in [4.69, 9.17) is 0 Å². The third kappa shape index (κ3) is 2.81. The predicted octanol–water partition coefficient (Wildman–Crippen LogP) is 0.562. The van der Waals surface area contributed by atoms with Gasteiger partial charge in [0.05, 0.1) is 6.10 Å². The molecule has 1 atom stereocenters. The molecule has 0 aromatic rings. The highest BCUT2D eigenvalue weighted by Crippen LogP contribution is 2.26. The van der Waals surface area contributed by atoms with Crippen molar-refractivity contribution in [1.82, 2.24) is 8.61 Å². The molecule has 0 aromatic carbocycles. The number of aliphatic hydroxyl groups excluding tert-OH is 1. The zero-order valence-corrected chi connectivity index (χ0v) is 11.2. The van der Waals surface area contributed by atoms with Crippen LogP contribution in [-0.4, -0.2) is 54.4 Å². The molecule has 0 aromatic heterocycles. The SMILES string of the molecule is CN(C1CCCCC1)S(=O)(=O)N1CC[C@@H](O)C1. The van der Waals surface area contributed by atoms with Gasteiger partial charge in [0.15, 0.2) is 0 Å². The molecule has 1 saturated carbocycles. The minimum Gasteiger partial charge on any atom is -0.392 e. The Balaban J connectivity index is 2.03. The van der Waals surface area contributed by atoms with Crippen LogP contribution in [0.2, 0.25) is 0 Å². The Hall–Kier alpha value is -0.170. The molecule has 0 amide bonds. The highest BCUT2D eigenvalue weighted by Gasteiger charge is 2.36. The molecule has 1 N–H and O–H groups in total. The van der Waals surface area contributed by atoms with Crippen molar-refractivity contribution in [3.05, 3.63) is 0 Å². The fourth-order valence-corrected chi connectivity index (χ4v) is 4.38. The van der Waals surface area contributed by atoms with E-state index < -0.39 is 16.3 Å². The first-order chi connectivity index (χ1) is 8.01. The molecule has 2 fully saturated rings. The van der Waals surface area contributed by atoms with Gasteiger partial charge in [0, 0.05) is 26.2 Å². The standard InChI is InChI=1S/C11H22N2O3S/c1-12(10-5-3-2-4-6-10)17(15,16)13-8-7-11(14)9-13/h10-11,14H,2-9H2,1H3/t11-/m1/s1. The van der Waals surface area contributed by atoms with Crippen LogP contribution >= 0.6 is 0 Å². The van der Waals surface area contributed by atoms with E-state index in [2.05, 4.69) is 0 Å². The summed E-state index contributed by atoms with van der Waals surface area (Å²) in [5.41, 5.74) is 0. The van der Waals surface area contributed by atoms with Crippen molar-refractivity contribution in [3.8, 4) is 0 Å². The van der Waals surface area contributed by atoms with Crippen molar-refractivity contribution >= 4 is 10.2 Å². The zero-order valence-electron chi connectivity index (χ0n) is 10.4. The molecule has 100 valence electrons. The van der Waals surface area contributed by atoms with Crippen LogP contribution in [0, 0.1) is 0 Å². The Morgan fingerprint density at radius 3 is 2.35 bits per heavy atom. The molecular formula is C11H22N2O3S. The van der Waals surface area contributed by atoms with Gasteiger partial charge in [-0.25, -0.2) is 0 Å². The molecule has 0 spiro atoms. The van der Waals surface area contributed by atoms with E-state index in [0.29, 0.717) is 13.0 Å². The van der Waals surface area contributed by atoms with Gasteiger partial charge >= 0.3 is 0 Å². The van der Waals surface area contributed by atoms with Crippen molar-refractivity contribution in [2.45, 2.75) is 50.7 Å². The van der Waals surface area contributed by atoms with E-state index in [1.807, 2.05) is 0 Å². The van der Waals surface area contributed by atoms with Gasteiger partial charge in [-0.2, -0.15) is 17.0 Å². The fraction of sp³-hybridized carbons (Fsp3) is 1.00. The molecule has 1 aliphatic heterocycles. The Morgan fingerprint density at radius 2 is 1.82 bits per heavy atom. The summed E-state index contributed by atoms with van der Waals surface area (Å²) in [5.74, 6) is 0. The van der Waals surface area contributed by atoms with E-state index >= 15 is 0 Å². The smallest absolute Gasteiger partial charge is 0.282 e. The van der Waals surface area contributed by atoms with Gasteiger partial charge in [-0.3, -0.25) is 0 Å². The number of aliphatic hydroxyl groups is 1. The monoisotopic (exact) mass is 262 g/mol. The van der Waals surface area contributed by atoms with Gasteiger partial charge in [0.1, 0.15) is 0 Å². The molecule has 2 aliphatic rings. The quantitative estimate of drug-likeness (QED) is 0.808. The summed E-state index contributed by atoms with van der Waals surface area (Å²) in [6.45, 7) is 0.694. The molecule has 17 heavy (non-hydrogen) atoms. The second kappa shape index (κ2) is 5.22. The number of rotatable bonds is 3. The van der Waals surface area contributed by atoms with Gasteiger partial charge in [-0.1, -0.05) is 19.3 Å². The van der Waals surface area contributed by atoms with Crippen LogP contribution in [0.15, 0.2) is 0 Å². The number of β-amino-alcohol motifs (C(OH)–C–C–N with tert-alkyl or cyclic N) is 1. The lowest BCUT2D eigenvalue weighted by Gasteiger charge is -2.33. The molecule has 1 heterocycles. The van der Waals surface area contributed by atoms with Crippen molar-refractivity contribution < 1.29 is 13.5 Å². The Bertz CT molecular complexity index is 352. The molecule has 0 radical (unpaired) electrons. The molecular weight excluding hydrogens is 240 g/mol. The van der Waals surface area contributed by atoms with Crippen molar-refractivity contribution in [1.29, 1.82) is 0 Å². The minimum absolute atomic E-state index is 0.145. The van der Waals surface area contributed by atoms with Crippen molar-refractivity contribution in [2.24, 2.45) is 0 Å². The fourth-order valence-electron chi connectivity index (χ4n) is 2.74. The summed E-state index contributed by atoms with van der Waals surface area (Å²) in [6.07, 6.45) is 5.44. The molecule has 1 saturated heterocycles. The van der Waals surface area contributed by atoms with Crippen LogP contribution in [0.1, 0.15) is 38.5 Å². The van der Waals surface area contributed by atoms with Crippen LogP contribution in [0.25, 0.3) is 0 Å². The van der Waals surface area contributed by atoms with Crippen molar-refractivity contribution in [3.63, 3.8) is 0 Å². The van der Waals surface area contributed by atoms with E-state index in [1.165, 1.54) is 15.0 Å². The van der Waals surface area contributed by atoms with E-state index in [0.717, 1.165) is 25.7 Å². The van der Waals surface area contributed by atoms with Gasteiger partial charge in [-0.05, 0) is 19.3 Å². The van der Waals surface area contributed by atoms with E-state index in [-0.39, 0.29) is 12.6 Å². The molecule has 6 heteroatoms. The third-order valence-corrected chi connectivity index (χ3v) is 5.92. The summed E-state index contributed by atoms with van der Waals surface area (Å²) in [7, 11) is -1.69. The lowest BCUT2D eigenvalue weighted by atomic mass is 9.96. The number of hydrogen-bond acceptors (Lipinski definition) is 3. The molecule has 5 nitrogen and oxygen atoms in total. The van der Waals surface area contributed by atoms with Crippen LogP contribution in [-0.2, 0) is 10.2 Å². The molecule has 1 aliphatic carbocycles. The minimum atomic E-state index is -3.36. The lowest BCUT2D eigenvalue weighted by molar-refractivity contribution is 0.187. The van der Waals surface area contributed by atoms with Gasteiger partial charge in [0.2, 0.25) is 0 Å². The van der Waals surface area contributed by atoms with Crippen LogP contribution in [0.5, 0.6) is 0 Å². The lowest BCUT2D eigenvalue weighted by Crippen LogP contribution is -2.46. The van der Waals surface area contributed by atoms with Crippen molar-refractivity contribution in [2.75, 3.05) is 20.1 Å². The van der Waals surface area contributed by atoms with E-state index in [9.17, 15) is 13.5 Å². The molecule has 2 rings (SSSR count). The van der Waals surface area contributed by atoms with Crippen LogP contribution in [0.4, 0.5) is 0 Å². The maximum Gasteiger partial charge on any atom is 0.282 e. The van der Waals surface area contributed by atoms with Gasteiger partial charge < -0.3 is 5.11 Å². The van der Waals surface area contributed by atoms with Gasteiger partial charge in [-0.15, -0.1) is 0 Å². The third-order valence-electron chi connectivity index (χ3n) is 3.91. The maximum atomic E-state index is 12.3. The first kappa shape index (κ1) is 13.3. The maximum absolute atomic E-state index is 12.3. The normalized spacial score (nSPS) is 29.0. The van der Waals surface area contributed by atoms with Crippen LogP contribution < -0.4 is 0 Å². The summed E-state index contributed by atoms with van der Waals surface area (Å²) >= 11 is 0. The predicted molar refractivity (Wildman–Crippen MR) is 65.8 cm³/mol. The van der Waals surface area contributed by atoms with Crippen LogP contribution in [0.3, 0.4) is 0 Å². The summed E-state index contributed by atoms with van der Waals surface area (Å²) in [6, 6.07) is 0.145. The molecule has 0 unspecified atom stereocenters. The summed E-state index contributed by atoms with van der Waals surface area (Å²) < 4.78 is 27.6. The second-order valence-electron chi connectivity index (χ2n) is 5.12. The number of nitrogens with zero attached hydrogens (tertiary/aromatic N) is 2. The Labute approximate surface area is 104 Å². The largest absolute Gasteiger partial charge is 0.392 e. The van der Waals surface area contributed by atoms with Gasteiger partial charge in [0.25, 0.3) is 10.2 Å². The summed E-state index contributed by atoms with van der Waals surface area (Å²) in [4.78, 5) is 0. The topological polar surface area (TPSA) is 60.9 Å². The first-order valence-electron chi connectivity index (χ1n) is 6.43. The Morgan fingerprint density at radius 1 is 1.18 bits per heavy atom. The zero-order chi connectivity index (χ0) is 12.5. The van der Waals surface area contributed by atoms with E-state index in [1.54, 1.807) is 7.05 Å². The first-order valence-corrected chi connectivity index (χ1v) is 7.82. The summed E-state index contributed by atoms with van der Waals surface area (Å²) in [5, 5.41) is 9.43. The second-order valence-corrected chi connectivity index (χ2v) is 7.10. The molecule has 0 bridgehead atoms. The number of hydrogen-bond donors (Lipinski definition) is 1.